The minimum Gasteiger partial charge on any atom is -0.336 e. The molecule has 3 rings (SSSR count). The molecule has 6 nitrogen and oxygen atoms in total. The quantitative estimate of drug-likeness (QED) is 0.844. The number of aryl methyl sites for hydroxylation is 1. The predicted molar refractivity (Wildman–Crippen MR) is 75.8 cm³/mol. The third-order valence-corrected chi connectivity index (χ3v) is 5.87. The van der Waals surface area contributed by atoms with E-state index in [9.17, 15) is 8.42 Å². The Labute approximate surface area is 120 Å². The number of imidazole rings is 1. The lowest BCUT2D eigenvalue weighted by Crippen LogP contribution is -2.42. The highest BCUT2D eigenvalue weighted by molar-refractivity contribution is 7.89. The van der Waals surface area contributed by atoms with Gasteiger partial charge in [-0.15, -0.1) is 0 Å². The lowest BCUT2D eigenvalue weighted by molar-refractivity contribution is 0.361. The van der Waals surface area contributed by atoms with E-state index in [2.05, 4.69) is 10.3 Å². The summed E-state index contributed by atoms with van der Waals surface area (Å²) in [5, 5.41) is 3.56. The molecule has 7 heteroatoms. The lowest BCUT2D eigenvalue weighted by Gasteiger charge is -2.24. The molecule has 0 radical (unpaired) electrons. The highest BCUT2D eigenvalue weighted by atomic mass is 32.2. The van der Waals surface area contributed by atoms with Crippen LogP contribution in [0, 0.1) is 0 Å². The maximum absolute atomic E-state index is 12.8. The molecule has 1 aliphatic carbocycles. The van der Waals surface area contributed by atoms with E-state index in [-0.39, 0.29) is 11.1 Å². The van der Waals surface area contributed by atoms with Crippen LogP contribution in [0.1, 0.15) is 32.6 Å². The van der Waals surface area contributed by atoms with Gasteiger partial charge in [0.25, 0.3) is 10.0 Å². The van der Waals surface area contributed by atoms with E-state index in [1.165, 1.54) is 0 Å². The van der Waals surface area contributed by atoms with Gasteiger partial charge in [0.2, 0.25) is 0 Å². The molecule has 1 aromatic heterocycles. The van der Waals surface area contributed by atoms with Gasteiger partial charge in [-0.3, -0.25) is 0 Å². The molecule has 1 N–H and O–H groups in total. The fraction of sp³-hybridized carbons (Fsp3) is 0.769. The van der Waals surface area contributed by atoms with Crippen molar-refractivity contribution in [2.75, 3.05) is 13.1 Å². The van der Waals surface area contributed by atoms with Crippen molar-refractivity contribution in [3.05, 3.63) is 12.5 Å². The number of nitrogens with one attached hydrogen (secondary N) is 1. The van der Waals surface area contributed by atoms with Crippen molar-refractivity contribution in [2.45, 2.75) is 56.3 Å². The standard InChI is InChI=1S/C13H22N4O2S/c1-2-16-9-13(15-10-16)20(18,19)17(12-5-6-12)8-11-4-3-7-14-11/h9-12,14H,2-8H2,1H3. The fourth-order valence-electron chi connectivity index (χ4n) is 2.70. The third kappa shape index (κ3) is 2.75. The van der Waals surface area contributed by atoms with Crippen molar-refractivity contribution in [2.24, 2.45) is 0 Å². The molecule has 1 aromatic rings. The summed E-state index contributed by atoms with van der Waals surface area (Å²) in [7, 11) is -3.45. The third-order valence-electron chi connectivity index (χ3n) is 4.06. The molecule has 0 bridgehead atoms. The van der Waals surface area contributed by atoms with Gasteiger partial charge in [-0.25, -0.2) is 13.4 Å². The molecular weight excluding hydrogens is 276 g/mol. The van der Waals surface area contributed by atoms with E-state index < -0.39 is 10.0 Å². The maximum Gasteiger partial charge on any atom is 0.262 e. The van der Waals surface area contributed by atoms with Gasteiger partial charge in [0, 0.05) is 31.4 Å². The normalized spacial score (nSPS) is 23.6. The highest BCUT2D eigenvalue weighted by Gasteiger charge is 2.40. The lowest BCUT2D eigenvalue weighted by atomic mass is 10.2. The first kappa shape index (κ1) is 14.0. The van der Waals surface area contributed by atoms with Crippen LogP contribution in [0.4, 0.5) is 0 Å². The Bertz CT molecular complexity index is 559. The average Bonchev–Trinajstić information content (AvgIpc) is 2.96. The fourth-order valence-corrected chi connectivity index (χ4v) is 4.37. The molecule has 20 heavy (non-hydrogen) atoms. The molecule has 1 aliphatic heterocycles. The molecule has 0 spiro atoms. The number of hydrogen-bond donors (Lipinski definition) is 1. The first-order valence-electron chi connectivity index (χ1n) is 7.38. The Morgan fingerprint density at radius 1 is 1.45 bits per heavy atom. The molecule has 0 aromatic carbocycles. The van der Waals surface area contributed by atoms with Gasteiger partial charge in [-0.2, -0.15) is 4.31 Å². The predicted octanol–water partition coefficient (Wildman–Crippen LogP) is 0.808. The zero-order valence-corrected chi connectivity index (χ0v) is 12.6. The van der Waals surface area contributed by atoms with E-state index in [4.69, 9.17) is 0 Å². The minimum atomic E-state index is -3.45. The van der Waals surface area contributed by atoms with Crippen LogP contribution in [0.3, 0.4) is 0 Å². The zero-order chi connectivity index (χ0) is 14.2. The molecule has 2 aliphatic rings. The van der Waals surface area contributed by atoms with E-state index in [0.29, 0.717) is 12.6 Å². The number of aromatic nitrogens is 2. The molecule has 2 fully saturated rings. The SMILES string of the molecule is CCn1cnc(S(=O)(=O)N(CC2CCCN2)C2CC2)c1. The Hall–Kier alpha value is -0.920. The van der Waals surface area contributed by atoms with Crippen LogP contribution >= 0.6 is 0 Å². The van der Waals surface area contributed by atoms with Gasteiger partial charge in [0.05, 0.1) is 6.33 Å². The Balaban J connectivity index is 1.81. The average molecular weight is 298 g/mol. The number of hydrogen-bond acceptors (Lipinski definition) is 4. The number of rotatable bonds is 6. The topological polar surface area (TPSA) is 67.2 Å². The molecule has 1 atom stereocenters. The molecule has 112 valence electrons. The van der Waals surface area contributed by atoms with Crippen molar-refractivity contribution in [3.8, 4) is 0 Å². The summed E-state index contributed by atoms with van der Waals surface area (Å²) in [6, 6.07) is 0.466. The van der Waals surface area contributed by atoms with Gasteiger partial charge in [0.15, 0.2) is 5.03 Å². The molecule has 2 heterocycles. The zero-order valence-electron chi connectivity index (χ0n) is 11.8. The molecular formula is C13H22N4O2S. The Kier molecular flexibility index (Phi) is 3.83. The summed E-state index contributed by atoms with van der Waals surface area (Å²) in [5.41, 5.74) is 0. The van der Waals surface area contributed by atoms with Crippen molar-refractivity contribution in [1.29, 1.82) is 0 Å². The summed E-state index contributed by atoms with van der Waals surface area (Å²) in [5.74, 6) is 0. The van der Waals surface area contributed by atoms with Crippen LogP contribution in [-0.4, -0.2) is 47.4 Å². The molecule has 1 unspecified atom stereocenters. The first-order chi connectivity index (χ1) is 9.61. The van der Waals surface area contributed by atoms with Gasteiger partial charge in [0.1, 0.15) is 0 Å². The van der Waals surface area contributed by atoms with Gasteiger partial charge in [-0.1, -0.05) is 0 Å². The summed E-state index contributed by atoms with van der Waals surface area (Å²) in [6.45, 7) is 4.27. The van der Waals surface area contributed by atoms with E-state index >= 15 is 0 Å². The first-order valence-corrected chi connectivity index (χ1v) is 8.82. The second kappa shape index (κ2) is 5.46. The van der Waals surface area contributed by atoms with Crippen LogP contribution in [0.25, 0.3) is 0 Å². The summed E-state index contributed by atoms with van der Waals surface area (Å²) < 4.78 is 29.0. The largest absolute Gasteiger partial charge is 0.336 e. The molecule has 1 saturated carbocycles. The number of nitrogens with zero attached hydrogens (tertiary/aromatic N) is 3. The van der Waals surface area contributed by atoms with Gasteiger partial charge in [-0.05, 0) is 39.2 Å². The monoisotopic (exact) mass is 298 g/mol. The second-order valence-corrected chi connectivity index (χ2v) is 7.48. The Morgan fingerprint density at radius 2 is 2.25 bits per heavy atom. The van der Waals surface area contributed by atoms with Crippen molar-refractivity contribution in [1.82, 2.24) is 19.2 Å². The van der Waals surface area contributed by atoms with Crippen molar-refractivity contribution < 1.29 is 8.42 Å². The van der Waals surface area contributed by atoms with Gasteiger partial charge >= 0.3 is 0 Å². The summed E-state index contributed by atoms with van der Waals surface area (Å²) >= 11 is 0. The van der Waals surface area contributed by atoms with Gasteiger partial charge < -0.3 is 9.88 Å². The summed E-state index contributed by atoms with van der Waals surface area (Å²) in [4.78, 5) is 4.08. The molecule has 1 saturated heterocycles. The second-order valence-electron chi connectivity index (χ2n) is 5.64. The minimum absolute atomic E-state index is 0.175. The van der Waals surface area contributed by atoms with Crippen LogP contribution in [0.15, 0.2) is 17.6 Å². The van der Waals surface area contributed by atoms with Crippen LogP contribution in [0.5, 0.6) is 0 Å². The maximum atomic E-state index is 12.8. The van der Waals surface area contributed by atoms with Crippen molar-refractivity contribution in [3.63, 3.8) is 0 Å². The van der Waals surface area contributed by atoms with E-state index in [0.717, 1.165) is 38.8 Å². The summed E-state index contributed by atoms with van der Waals surface area (Å²) in [6.07, 6.45) is 7.36. The Morgan fingerprint density at radius 3 is 2.80 bits per heavy atom. The van der Waals surface area contributed by atoms with Crippen molar-refractivity contribution >= 4 is 10.0 Å². The van der Waals surface area contributed by atoms with E-state index in [1.807, 2.05) is 6.92 Å². The highest BCUT2D eigenvalue weighted by Crippen LogP contribution is 2.32. The number of sulfonamides is 1. The van der Waals surface area contributed by atoms with Crippen LogP contribution in [-0.2, 0) is 16.6 Å². The van der Waals surface area contributed by atoms with Crippen LogP contribution in [0.2, 0.25) is 0 Å². The smallest absolute Gasteiger partial charge is 0.262 e. The van der Waals surface area contributed by atoms with E-state index in [1.54, 1.807) is 21.4 Å². The van der Waals surface area contributed by atoms with Crippen LogP contribution < -0.4 is 5.32 Å². The molecule has 0 amide bonds.